The van der Waals surface area contributed by atoms with Crippen molar-refractivity contribution < 1.29 is 10.2 Å². The third kappa shape index (κ3) is 13.0. The molecule has 0 amide bonds. The van der Waals surface area contributed by atoms with E-state index < -0.39 is 12.2 Å². The van der Waals surface area contributed by atoms with E-state index in [4.69, 9.17) is 5.11 Å². The first-order valence-electron chi connectivity index (χ1n) is 7.37. The van der Waals surface area contributed by atoms with Crippen LogP contribution in [0.3, 0.4) is 0 Å². The van der Waals surface area contributed by atoms with E-state index in [0.717, 1.165) is 12.8 Å². The highest BCUT2D eigenvalue weighted by Crippen LogP contribution is 2.08. The Kier molecular flexibility index (Phi) is 12.9. The molecule has 0 aliphatic heterocycles. The number of unbranched alkanes of at least 4 members (excludes halogenated alkanes) is 5. The number of allylic oxidation sites excluding steroid dienone is 1. The van der Waals surface area contributed by atoms with Crippen LogP contribution < -0.4 is 0 Å². The Morgan fingerprint density at radius 2 is 1.75 bits per heavy atom. The first-order valence-corrected chi connectivity index (χ1v) is 7.37. The number of hydrogen-bond donors (Lipinski definition) is 2. The quantitative estimate of drug-likeness (QED) is 0.385. The molecule has 0 bridgehead atoms. The molecule has 0 aromatic rings. The molecule has 2 N–H and O–H groups in total. The minimum absolute atomic E-state index is 0.429. The van der Waals surface area contributed by atoms with Crippen LogP contribution in [0.4, 0.5) is 0 Å². The molecule has 110 valence electrons. The van der Waals surface area contributed by atoms with Crippen molar-refractivity contribution >= 4 is 0 Å². The normalized spacial score (nSPS) is 12.9. The fourth-order valence-corrected chi connectivity index (χ4v) is 1.64. The lowest BCUT2D eigenvalue weighted by Gasteiger charge is -2.04. The van der Waals surface area contributed by atoms with E-state index in [1.807, 2.05) is 0 Å². The zero-order valence-corrected chi connectivity index (χ0v) is 12.4. The standard InChI is InChI=1S/C18H26O2/c1-3-5-6-7-8-12-15-18(20)16-13-10-9-11-14-17(19)4-2/h4,13,16-20H,2-3,5-8,12,15H2,1H3/b16-13+. The van der Waals surface area contributed by atoms with E-state index in [1.165, 1.54) is 38.2 Å². The molecule has 2 unspecified atom stereocenters. The first-order chi connectivity index (χ1) is 9.70. The lowest BCUT2D eigenvalue weighted by molar-refractivity contribution is 0.208. The van der Waals surface area contributed by atoms with Gasteiger partial charge in [-0.1, -0.05) is 69.9 Å². The summed E-state index contributed by atoms with van der Waals surface area (Å²) in [6.07, 6.45) is 11.5. The Morgan fingerprint density at radius 3 is 2.45 bits per heavy atom. The van der Waals surface area contributed by atoms with Crippen LogP contribution in [0, 0.1) is 23.7 Å². The summed E-state index contributed by atoms with van der Waals surface area (Å²) < 4.78 is 0. The molecule has 0 aliphatic rings. The largest absolute Gasteiger partial charge is 0.389 e. The number of aliphatic hydroxyl groups excluding tert-OH is 2. The van der Waals surface area contributed by atoms with Gasteiger partial charge in [-0.3, -0.25) is 0 Å². The van der Waals surface area contributed by atoms with Crippen LogP contribution in [0.25, 0.3) is 0 Å². The summed E-state index contributed by atoms with van der Waals surface area (Å²) in [5.74, 6) is 10.3. The molecule has 20 heavy (non-hydrogen) atoms. The molecule has 0 heterocycles. The molecule has 0 radical (unpaired) electrons. The second kappa shape index (κ2) is 13.9. The lowest BCUT2D eigenvalue weighted by Crippen LogP contribution is -2.01. The molecular formula is C18H26O2. The second-order valence-electron chi connectivity index (χ2n) is 4.70. The van der Waals surface area contributed by atoms with Crippen LogP contribution >= 0.6 is 0 Å². The van der Waals surface area contributed by atoms with Crippen molar-refractivity contribution in [1.82, 2.24) is 0 Å². The summed E-state index contributed by atoms with van der Waals surface area (Å²) in [4.78, 5) is 0. The maximum absolute atomic E-state index is 9.69. The van der Waals surface area contributed by atoms with Crippen LogP contribution in [-0.2, 0) is 0 Å². The van der Waals surface area contributed by atoms with Gasteiger partial charge in [0.1, 0.15) is 6.10 Å². The zero-order valence-electron chi connectivity index (χ0n) is 12.4. The molecule has 0 aromatic carbocycles. The van der Waals surface area contributed by atoms with E-state index in [-0.39, 0.29) is 0 Å². The summed E-state index contributed by atoms with van der Waals surface area (Å²) in [6, 6.07) is 0. The SMILES string of the molecule is C=CC(O)C#CC#C/C=C/C(O)CCCCCCCC. The molecule has 0 fully saturated rings. The van der Waals surface area contributed by atoms with Crippen molar-refractivity contribution in [2.24, 2.45) is 0 Å². The Bertz CT molecular complexity index is 387. The minimum atomic E-state index is -0.827. The fraction of sp³-hybridized carbons (Fsp3) is 0.556. The fourth-order valence-electron chi connectivity index (χ4n) is 1.64. The van der Waals surface area contributed by atoms with Gasteiger partial charge in [-0.05, 0) is 30.4 Å². The zero-order chi connectivity index (χ0) is 15.1. The maximum Gasteiger partial charge on any atom is 0.134 e. The number of hydrogen-bond acceptors (Lipinski definition) is 2. The van der Waals surface area contributed by atoms with Crippen molar-refractivity contribution in [3.05, 3.63) is 24.8 Å². The van der Waals surface area contributed by atoms with Gasteiger partial charge in [0.25, 0.3) is 0 Å². The van der Waals surface area contributed by atoms with Gasteiger partial charge in [0, 0.05) is 0 Å². The smallest absolute Gasteiger partial charge is 0.134 e. The average Bonchev–Trinajstić information content (AvgIpc) is 2.46. The monoisotopic (exact) mass is 274 g/mol. The molecule has 0 saturated heterocycles. The molecule has 2 nitrogen and oxygen atoms in total. The predicted octanol–water partition coefficient (Wildman–Crippen LogP) is 3.21. The van der Waals surface area contributed by atoms with Crippen LogP contribution in [0.2, 0.25) is 0 Å². The summed E-state index contributed by atoms with van der Waals surface area (Å²) in [5.41, 5.74) is 0. The lowest BCUT2D eigenvalue weighted by atomic mass is 10.1. The van der Waals surface area contributed by atoms with Gasteiger partial charge in [0.2, 0.25) is 0 Å². The highest BCUT2D eigenvalue weighted by atomic mass is 16.3. The molecule has 0 saturated carbocycles. The van der Waals surface area contributed by atoms with E-state index >= 15 is 0 Å². The third-order valence-corrected chi connectivity index (χ3v) is 2.83. The maximum atomic E-state index is 9.69. The molecule has 0 aliphatic carbocycles. The van der Waals surface area contributed by atoms with Gasteiger partial charge >= 0.3 is 0 Å². The third-order valence-electron chi connectivity index (χ3n) is 2.83. The van der Waals surface area contributed by atoms with Crippen LogP contribution in [-0.4, -0.2) is 22.4 Å². The molecule has 0 aromatic heterocycles. The van der Waals surface area contributed by atoms with Gasteiger partial charge in [-0.25, -0.2) is 0 Å². The summed E-state index contributed by atoms with van der Waals surface area (Å²) in [5, 5.41) is 18.8. The Labute approximate surface area is 123 Å². The van der Waals surface area contributed by atoms with Crippen LogP contribution in [0.5, 0.6) is 0 Å². The average molecular weight is 274 g/mol. The van der Waals surface area contributed by atoms with Crippen LogP contribution in [0.15, 0.2) is 24.8 Å². The van der Waals surface area contributed by atoms with Gasteiger partial charge in [0.05, 0.1) is 6.10 Å². The van der Waals surface area contributed by atoms with Crippen LogP contribution in [0.1, 0.15) is 51.9 Å². The van der Waals surface area contributed by atoms with Crippen molar-refractivity contribution in [2.75, 3.05) is 0 Å². The molecule has 0 spiro atoms. The molecule has 0 rings (SSSR count). The van der Waals surface area contributed by atoms with E-state index in [0.29, 0.717) is 0 Å². The topological polar surface area (TPSA) is 40.5 Å². The molecule has 2 heteroatoms. The van der Waals surface area contributed by atoms with Crippen molar-refractivity contribution in [3.8, 4) is 23.7 Å². The first kappa shape index (κ1) is 18.5. The Hall–Kier alpha value is -1.48. The number of aliphatic hydroxyl groups is 2. The van der Waals surface area contributed by atoms with Gasteiger partial charge in [-0.2, -0.15) is 0 Å². The second-order valence-corrected chi connectivity index (χ2v) is 4.70. The van der Waals surface area contributed by atoms with Crippen molar-refractivity contribution in [3.63, 3.8) is 0 Å². The Balaban J connectivity index is 3.72. The Morgan fingerprint density at radius 1 is 1.05 bits per heavy atom. The summed E-state index contributed by atoms with van der Waals surface area (Å²) in [7, 11) is 0. The summed E-state index contributed by atoms with van der Waals surface area (Å²) >= 11 is 0. The number of rotatable bonds is 9. The predicted molar refractivity (Wildman–Crippen MR) is 84.9 cm³/mol. The van der Waals surface area contributed by atoms with E-state index in [9.17, 15) is 5.11 Å². The van der Waals surface area contributed by atoms with Gasteiger partial charge in [0.15, 0.2) is 0 Å². The van der Waals surface area contributed by atoms with E-state index in [2.05, 4.69) is 37.2 Å². The van der Waals surface area contributed by atoms with Gasteiger partial charge < -0.3 is 10.2 Å². The summed E-state index contributed by atoms with van der Waals surface area (Å²) in [6.45, 7) is 5.61. The molecule has 2 atom stereocenters. The molecular weight excluding hydrogens is 248 g/mol. The highest BCUT2D eigenvalue weighted by molar-refractivity contribution is 5.32. The van der Waals surface area contributed by atoms with E-state index in [1.54, 1.807) is 12.2 Å². The van der Waals surface area contributed by atoms with Crippen molar-refractivity contribution in [2.45, 2.75) is 64.1 Å². The highest BCUT2D eigenvalue weighted by Gasteiger charge is 1.97. The van der Waals surface area contributed by atoms with Gasteiger partial charge in [-0.15, -0.1) is 0 Å². The van der Waals surface area contributed by atoms with Crippen molar-refractivity contribution in [1.29, 1.82) is 0 Å². The minimum Gasteiger partial charge on any atom is -0.389 e.